The van der Waals surface area contributed by atoms with Gasteiger partial charge in [-0.2, -0.15) is 9.97 Å². The maximum Gasteiger partial charge on any atom is 0.410 e. The summed E-state index contributed by atoms with van der Waals surface area (Å²) in [6.45, 7) is 8.56. The van der Waals surface area contributed by atoms with E-state index in [0.29, 0.717) is 19.6 Å². The molecule has 1 fully saturated rings. The summed E-state index contributed by atoms with van der Waals surface area (Å²) in [4.78, 5) is 32.1. The van der Waals surface area contributed by atoms with Gasteiger partial charge in [0.05, 0.1) is 4.92 Å². The normalized spacial score (nSPS) is 16.3. The summed E-state index contributed by atoms with van der Waals surface area (Å²) < 4.78 is 5.44. The van der Waals surface area contributed by atoms with Gasteiger partial charge >= 0.3 is 17.8 Å². The Hall–Kier alpha value is -3.43. The van der Waals surface area contributed by atoms with E-state index in [-0.39, 0.29) is 29.2 Å². The lowest BCUT2D eigenvalue weighted by molar-refractivity contribution is -0.385. The molecule has 1 atom stereocenters. The molecule has 1 amide bonds. The Balaban J connectivity index is 1.62. The topological polar surface area (TPSA) is 131 Å². The smallest absolute Gasteiger partial charge is 0.410 e. The highest BCUT2D eigenvalue weighted by atomic mass is 16.6. The standard InChI is InChI=1S/C21H27N5O5/c1-13-17(26(29)30)18(24-19(27)23-13)22-11-14-5-7-15(8-6-14)16-9-10-25(12-16)20(28)31-21(2,3)4/h5-8,16H,9-12H2,1-4H3,(H2,22,23,24,27). The predicted molar refractivity (Wildman–Crippen MR) is 114 cm³/mol. The molecule has 1 unspecified atom stereocenters. The van der Waals surface area contributed by atoms with Gasteiger partial charge in [0.25, 0.3) is 0 Å². The summed E-state index contributed by atoms with van der Waals surface area (Å²) in [5, 5.41) is 23.7. The third-order valence-corrected chi connectivity index (χ3v) is 4.98. The summed E-state index contributed by atoms with van der Waals surface area (Å²) in [6.07, 6.45) is 0.573. The molecule has 1 saturated heterocycles. The second-order valence-electron chi connectivity index (χ2n) is 8.57. The molecule has 166 valence electrons. The zero-order valence-corrected chi connectivity index (χ0v) is 18.1. The van der Waals surface area contributed by atoms with Crippen molar-refractivity contribution in [2.75, 3.05) is 18.4 Å². The number of carbonyl (C=O) groups is 1. The predicted octanol–water partition coefficient (Wildman–Crippen LogP) is 3.74. The number of likely N-dealkylation sites (tertiary alicyclic amines) is 1. The van der Waals surface area contributed by atoms with Gasteiger partial charge in [0.1, 0.15) is 11.3 Å². The number of rotatable bonds is 5. The van der Waals surface area contributed by atoms with Crippen LogP contribution in [-0.2, 0) is 11.3 Å². The van der Waals surface area contributed by atoms with Gasteiger partial charge in [0.15, 0.2) is 0 Å². The molecular formula is C21H27N5O5. The SMILES string of the molecule is Cc1nc(O)nc(NCc2ccc(C3CCN(C(=O)OC(C)(C)C)C3)cc2)c1[N+](=O)[O-]. The summed E-state index contributed by atoms with van der Waals surface area (Å²) in [5.74, 6) is 0.208. The largest absolute Gasteiger partial charge is 0.479 e. The third-order valence-electron chi connectivity index (χ3n) is 4.98. The van der Waals surface area contributed by atoms with Crippen LogP contribution in [0.3, 0.4) is 0 Å². The van der Waals surface area contributed by atoms with Gasteiger partial charge in [-0.1, -0.05) is 24.3 Å². The number of hydrogen-bond acceptors (Lipinski definition) is 8. The van der Waals surface area contributed by atoms with Crippen LogP contribution in [0, 0.1) is 17.0 Å². The van der Waals surface area contributed by atoms with Gasteiger partial charge in [0, 0.05) is 25.6 Å². The van der Waals surface area contributed by atoms with Gasteiger partial charge < -0.3 is 20.1 Å². The molecule has 0 spiro atoms. The molecular weight excluding hydrogens is 402 g/mol. The van der Waals surface area contributed by atoms with Crippen molar-refractivity contribution >= 4 is 17.6 Å². The summed E-state index contributed by atoms with van der Waals surface area (Å²) in [7, 11) is 0. The Labute approximate surface area is 180 Å². The van der Waals surface area contributed by atoms with Crippen LogP contribution in [0.25, 0.3) is 0 Å². The van der Waals surface area contributed by atoms with Crippen molar-refractivity contribution in [2.24, 2.45) is 0 Å². The van der Waals surface area contributed by atoms with Crippen LogP contribution in [0.2, 0.25) is 0 Å². The number of carbonyl (C=O) groups excluding carboxylic acids is 1. The minimum Gasteiger partial charge on any atom is -0.479 e. The Bertz CT molecular complexity index is 971. The molecule has 10 nitrogen and oxygen atoms in total. The maximum absolute atomic E-state index is 12.3. The second-order valence-corrected chi connectivity index (χ2v) is 8.57. The van der Waals surface area contributed by atoms with Gasteiger partial charge in [-0.25, -0.2) is 4.79 Å². The van der Waals surface area contributed by atoms with Crippen LogP contribution in [0.4, 0.5) is 16.3 Å². The van der Waals surface area contributed by atoms with Gasteiger partial charge in [-0.05, 0) is 45.2 Å². The highest BCUT2D eigenvalue weighted by molar-refractivity contribution is 5.68. The first-order valence-electron chi connectivity index (χ1n) is 10.1. The van der Waals surface area contributed by atoms with Crippen LogP contribution in [0.5, 0.6) is 6.01 Å². The van der Waals surface area contributed by atoms with E-state index in [1.54, 1.807) is 4.90 Å². The van der Waals surface area contributed by atoms with Crippen molar-refractivity contribution < 1.29 is 19.6 Å². The van der Waals surface area contributed by atoms with E-state index in [9.17, 15) is 20.0 Å². The van der Waals surface area contributed by atoms with Crippen molar-refractivity contribution in [1.29, 1.82) is 0 Å². The summed E-state index contributed by atoms with van der Waals surface area (Å²) in [6, 6.07) is 7.34. The van der Waals surface area contributed by atoms with Crippen LogP contribution >= 0.6 is 0 Å². The monoisotopic (exact) mass is 429 g/mol. The van der Waals surface area contributed by atoms with Crippen molar-refractivity contribution in [1.82, 2.24) is 14.9 Å². The Morgan fingerprint density at radius 1 is 1.32 bits per heavy atom. The highest BCUT2D eigenvalue weighted by Gasteiger charge is 2.30. The number of anilines is 1. The molecule has 2 N–H and O–H groups in total. The van der Waals surface area contributed by atoms with Crippen LogP contribution in [0.15, 0.2) is 24.3 Å². The molecule has 2 heterocycles. The number of benzene rings is 1. The Kier molecular flexibility index (Phi) is 6.28. The number of nitro groups is 1. The molecule has 0 aliphatic carbocycles. The minimum absolute atomic E-state index is 0.0251. The zero-order chi connectivity index (χ0) is 22.8. The lowest BCUT2D eigenvalue weighted by Crippen LogP contribution is -2.35. The van der Waals surface area contributed by atoms with Crippen molar-refractivity contribution in [2.45, 2.75) is 52.2 Å². The van der Waals surface area contributed by atoms with E-state index < -0.39 is 16.5 Å². The first-order valence-corrected chi connectivity index (χ1v) is 10.1. The number of nitrogens with one attached hydrogen (secondary N) is 1. The third kappa shape index (κ3) is 5.59. The van der Waals surface area contributed by atoms with Crippen molar-refractivity contribution in [3.8, 4) is 6.01 Å². The van der Waals surface area contributed by atoms with Crippen LogP contribution < -0.4 is 5.32 Å². The number of amides is 1. The number of aryl methyl sites for hydroxylation is 1. The van der Waals surface area contributed by atoms with E-state index in [1.165, 1.54) is 6.92 Å². The van der Waals surface area contributed by atoms with Gasteiger partial charge in [-0.3, -0.25) is 10.1 Å². The van der Waals surface area contributed by atoms with Gasteiger partial charge in [-0.15, -0.1) is 0 Å². The minimum atomic E-state index is -0.573. The maximum atomic E-state index is 12.3. The summed E-state index contributed by atoms with van der Waals surface area (Å²) >= 11 is 0. The molecule has 0 bridgehead atoms. The first kappa shape index (κ1) is 22.3. The molecule has 1 aliphatic rings. The number of aromatic nitrogens is 2. The van der Waals surface area contributed by atoms with E-state index in [4.69, 9.17) is 4.74 Å². The van der Waals surface area contributed by atoms with E-state index in [2.05, 4.69) is 15.3 Å². The molecule has 2 aromatic rings. The van der Waals surface area contributed by atoms with Gasteiger partial charge in [0.2, 0.25) is 5.82 Å². The fourth-order valence-corrected chi connectivity index (χ4v) is 3.51. The van der Waals surface area contributed by atoms with Crippen molar-refractivity contribution in [3.63, 3.8) is 0 Å². The quantitative estimate of drug-likeness (QED) is 0.543. The molecule has 0 radical (unpaired) electrons. The average Bonchev–Trinajstić information content (AvgIpc) is 3.15. The molecule has 1 aromatic carbocycles. The van der Waals surface area contributed by atoms with E-state index in [1.807, 2.05) is 45.0 Å². The van der Waals surface area contributed by atoms with Crippen molar-refractivity contribution in [3.05, 3.63) is 51.2 Å². The number of hydrogen-bond donors (Lipinski definition) is 2. The molecule has 0 saturated carbocycles. The fraction of sp³-hybridized carbons (Fsp3) is 0.476. The lowest BCUT2D eigenvalue weighted by atomic mass is 9.97. The number of aromatic hydroxyl groups is 1. The molecule has 10 heteroatoms. The van der Waals surface area contributed by atoms with E-state index in [0.717, 1.165) is 17.5 Å². The average molecular weight is 429 g/mol. The van der Waals surface area contributed by atoms with Crippen LogP contribution in [0.1, 0.15) is 49.9 Å². The molecule has 3 rings (SSSR count). The second kappa shape index (κ2) is 8.75. The first-order chi connectivity index (χ1) is 14.5. The lowest BCUT2D eigenvalue weighted by Gasteiger charge is -2.24. The molecule has 1 aromatic heterocycles. The molecule has 31 heavy (non-hydrogen) atoms. The summed E-state index contributed by atoms with van der Waals surface area (Å²) in [5.41, 5.74) is 1.33. The zero-order valence-electron chi connectivity index (χ0n) is 18.1. The highest BCUT2D eigenvalue weighted by Crippen LogP contribution is 2.30. The Morgan fingerprint density at radius 2 is 2.00 bits per heavy atom. The van der Waals surface area contributed by atoms with E-state index >= 15 is 0 Å². The number of nitrogens with zero attached hydrogens (tertiary/aromatic N) is 4. The van der Waals surface area contributed by atoms with Crippen LogP contribution in [-0.4, -0.2) is 49.7 Å². The fourth-order valence-electron chi connectivity index (χ4n) is 3.51. The Morgan fingerprint density at radius 3 is 2.61 bits per heavy atom. The molecule has 1 aliphatic heterocycles. The number of ether oxygens (including phenoxy) is 1.